The number of nitrogens with zero attached hydrogens (tertiary/aromatic N) is 6. The quantitative estimate of drug-likeness (QED) is 0.187. The highest BCUT2D eigenvalue weighted by Gasteiger charge is 2.38. The number of rotatable bonds is 5. The Balaban J connectivity index is 0.000000478. The maximum Gasteiger partial charge on any atom is 0.222 e. The van der Waals surface area contributed by atoms with E-state index in [1.165, 1.54) is 42.5 Å². The number of hydrogen-bond acceptors (Lipinski definition) is 8. The third-order valence-corrected chi connectivity index (χ3v) is 14.6. The molecule has 15 heteroatoms. The highest BCUT2D eigenvalue weighted by Crippen LogP contribution is 2.38. The van der Waals surface area contributed by atoms with E-state index >= 15 is 0 Å². The van der Waals surface area contributed by atoms with E-state index in [4.69, 9.17) is 5.73 Å². The van der Waals surface area contributed by atoms with Crippen molar-refractivity contribution in [1.82, 2.24) is 20.0 Å². The first kappa shape index (κ1) is 61.9. The Morgan fingerprint density at radius 1 is 0.556 bits per heavy atom. The second kappa shape index (κ2) is 28.8. The maximum atomic E-state index is 13.4. The number of carbonyl (C=O) groups is 2. The summed E-state index contributed by atoms with van der Waals surface area (Å²) in [5.74, 6) is -1.10. The standard InChI is InChI=1S/C14H15FN2O.C14H21FN2.C14H17FN2.C13H13FN2O.2CH4.FH.H2/c1-17-8-7-14(10-16,6-5-13(17)18)11-3-2-4-12(15)9-11;2*1-17-8-3-6-14(11-16,7-9-17)12-4-2-5-13(15)10-12;14-11-3-1-2-10(8-11)13(9-15)5-4-12(17)16-7-6-13;;;;/h2-4,9H,5-8H2,1H3;2,4-5,10H,3,6-9,11,16H2,1H3;2,4-5,10H,3,6-9H2,1H3;1-3,8H,4-7H2,(H,16,17);2*1H4;2*1H/i;;;;;;;1+2. The molecule has 0 aliphatic carbocycles. The predicted octanol–water partition coefficient (Wildman–Crippen LogP) is 10.6. The van der Waals surface area contributed by atoms with Crippen LogP contribution in [0.3, 0.4) is 0 Å². The second-order valence-electron chi connectivity index (χ2n) is 19.1. The van der Waals surface area contributed by atoms with Gasteiger partial charge in [0.15, 0.2) is 0 Å². The van der Waals surface area contributed by atoms with Gasteiger partial charge in [0.2, 0.25) is 11.8 Å². The normalized spacial score (nSPS) is 24.4. The summed E-state index contributed by atoms with van der Waals surface area (Å²) in [5.41, 5.74) is 7.19. The van der Waals surface area contributed by atoms with Gasteiger partial charge in [-0.2, -0.15) is 15.8 Å². The number of hydrogen-bond donors (Lipinski definition) is 2. The van der Waals surface area contributed by atoms with Crippen molar-refractivity contribution < 1.29 is 33.3 Å². The fourth-order valence-electron chi connectivity index (χ4n) is 9.86. The number of likely N-dealkylation sites (tertiary alicyclic amines) is 3. The Labute approximate surface area is 426 Å². The van der Waals surface area contributed by atoms with E-state index in [2.05, 4.69) is 47.4 Å². The molecular formula is C57H77F5N8O2. The molecule has 72 heavy (non-hydrogen) atoms. The largest absolute Gasteiger partial charge is 0.356 e. The van der Waals surface area contributed by atoms with Crippen LogP contribution in [-0.2, 0) is 31.2 Å². The summed E-state index contributed by atoms with van der Waals surface area (Å²) in [6, 6.07) is 32.7. The van der Waals surface area contributed by atoms with E-state index in [9.17, 15) is 42.9 Å². The fraction of sp³-hybridized carbons (Fsp3) is 0.491. The van der Waals surface area contributed by atoms with Crippen LogP contribution < -0.4 is 11.1 Å². The lowest BCUT2D eigenvalue weighted by atomic mass is 9.74. The topological polar surface area (TPSA) is 153 Å². The Morgan fingerprint density at radius 3 is 1.43 bits per heavy atom. The molecule has 4 heterocycles. The van der Waals surface area contributed by atoms with Gasteiger partial charge in [0.05, 0.1) is 34.5 Å². The molecule has 4 atom stereocenters. The van der Waals surface area contributed by atoms with Crippen LogP contribution in [0.1, 0.15) is 116 Å². The Hall–Kier alpha value is -6.18. The molecule has 0 bridgehead atoms. The molecule has 4 unspecified atom stereocenters. The third-order valence-electron chi connectivity index (χ3n) is 14.6. The zero-order valence-electron chi connectivity index (χ0n) is 40.7. The second-order valence-corrected chi connectivity index (χ2v) is 19.1. The maximum absolute atomic E-state index is 13.4. The number of carbonyl (C=O) groups excluding carboxylic acids is 2. The summed E-state index contributed by atoms with van der Waals surface area (Å²) >= 11 is 0. The molecule has 392 valence electrons. The van der Waals surface area contributed by atoms with Gasteiger partial charge in [-0.05, 0) is 175 Å². The number of amides is 2. The fourth-order valence-corrected chi connectivity index (χ4v) is 9.86. The van der Waals surface area contributed by atoms with E-state index in [0.717, 1.165) is 75.8 Å². The molecule has 4 aliphatic heterocycles. The van der Waals surface area contributed by atoms with Gasteiger partial charge in [-0.25, -0.2) is 17.6 Å². The van der Waals surface area contributed by atoms with Gasteiger partial charge in [-0.1, -0.05) is 63.4 Å². The zero-order chi connectivity index (χ0) is 50.1. The highest BCUT2D eigenvalue weighted by molar-refractivity contribution is 5.77. The SMILES string of the molecule is C.C.CN1CCC(C#N)(c2cccc(F)c2)CCC1=O.CN1CCCC(C#N)(c2cccc(F)c2)CC1.CN1CCCC(CN)(c2cccc(F)c2)CC1.F.N#CC1(c2cccc(F)c2)CCNC(=O)CC1.[3HH]. The summed E-state index contributed by atoms with van der Waals surface area (Å²) in [6.45, 7) is 5.64. The van der Waals surface area contributed by atoms with E-state index < -0.39 is 16.2 Å². The lowest BCUT2D eigenvalue weighted by molar-refractivity contribution is -0.129. The first-order chi connectivity index (χ1) is 33.1. The highest BCUT2D eigenvalue weighted by atomic mass is 19.1. The van der Waals surface area contributed by atoms with E-state index in [1.54, 1.807) is 54.4 Å². The molecule has 4 aliphatic rings. The van der Waals surface area contributed by atoms with Gasteiger partial charge >= 0.3 is 0 Å². The zero-order valence-corrected chi connectivity index (χ0v) is 40.7. The minimum Gasteiger partial charge on any atom is -0.356 e. The average molecular weight is 1000 g/mol. The molecule has 8 rings (SSSR count). The Kier molecular flexibility index (Phi) is 24.7. The number of nitriles is 3. The van der Waals surface area contributed by atoms with E-state index in [1.807, 2.05) is 12.1 Å². The van der Waals surface area contributed by atoms with Crippen molar-refractivity contribution in [1.29, 1.82) is 15.8 Å². The van der Waals surface area contributed by atoms with Gasteiger partial charge in [0.1, 0.15) is 23.3 Å². The van der Waals surface area contributed by atoms with E-state index in [-0.39, 0.29) is 61.5 Å². The summed E-state index contributed by atoms with van der Waals surface area (Å²) < 4.78 is 53.2. The van der Waals surface area contributed by atoms with Gasteiger partial charge < -0.3 is 25.8 Å². The van der Waals surface area contributed by atoms with Crippen LogP contribution in [0.2, 0.25) is 0 Å². The molecule has 4 aromatic rings. The monoisotopic (exact) mass is 1000 g/mol. The van der Waals surface area contributed by atoms with Crippen LogP contribution in [0.15, 0.2) is 97.1 Å². The van der Waals surface area contributed by atoms with Gasteiger partial charge in [-0.15, -0.1) is 0 Å². The number of nitrogens with two attached hydrogens (primary N) is 1. The Bertz CT molecular complexity index is 2500. The van der Waals surface area contributed by atoms with E-state index in [0.29, 0.717) is 69.3 Å². The van der Waals surface area contributed by atoms with Crippen LogP contribution in [0.5, 0.6) is 0 Å². The van der Waals surface area contributed by atoms with Crippen LogP contribution in [0.4, 0.5) is 22.3 Å². The number of benzene rings is 4. The van der Waals surface area contributed by atoms with Crippen molar-refractivity contribution in [3.05, 3.63) is 143 Å². The van der Waals surface area contributed by atoms with Gasteiger partial charge in [-0.3, -0.25) is 14.3 Å². The van der Waals surface area contributed by atoms with Crippen LogP contribution in [-0.4, -0.2) is 93.5 Å². The molecule has 0 radical (unpaired) electrons. The third kappa shape index (κ3) is 16.2. The number of nitrogens with one attached hydrogen (secondary N) is 1. The molecule has 3 N–H and O–H groups in total. The van der Waals surface area contributed by atoms with Crippen molar-refractivity contribution >= 4 is 11.8 Å². The average Bonchev–Trinajstić information content (AvgIpc) is 3.83. The van der Waals surface area contributed by atoms with Crippen molar-refractivity contribution in [2.75, 3.05) is 67.0 Å². The molecule has 10 nitrogen and oxygen atoms in total. The van der Waals surface area contributed by atoms with Crippen molar-refractivity contribution in [2.24, 2.45) is 5.73 Å². The van der Waals surface area contributed by atoms with Crippen LogP contribution in [0.25, 0.3) is 0 Å². The molecule has 4 saturated heterocycles. The first-order valence-corrected chi connectivity index (χ1v) is 23.9. The summed E-state index contributed by atoms with van der Waals surface area (Å²) in [5, 5.41) is 31.1. The minimum atomic E-state index is -0.749. The predicted molar refractivity (Wildman–Crippen MR) is 277 cm³/mol. The molecular weight excluding hydrogens is 924 g/mol. The summed E-state index contributed by atoms with van der Waals surface area (Å²) in [7, 11) is 5.94. The summed E-state index contributed by atoms with van der Waals surface area (Å²) in [6.07, 6.45) is 8.40. The molecule has 4 aromatic carbocycles. The van der Waals surface area contributed by atoms with Crippen molar-refractivity contribution in [3.63, 3.8) is 0 Å². The number of halogens is 5. The van der Waals surface area contributed by atoms with Crippen LogP contribution in [0, 0.1) is 57.3 Å². The molecule has 2 amide bonds. The minimum absolute atomic E-state index is 0. The van der Waals surface area contributed by atoms with Crippen molar-refractivity contribution in [2.45, 2.75) is 114 Å². The molecule has 4 fully saturated rings. The van der Waals surface area contributed by atoms with Crippen molar-refractivity contribution in [3.8, 4) is 18.2 Å². The van der Waals surface area contributed by atoms with Gasteiger partial charge in [0.25, 0.3) is 0 Å². The Morgan fingerprint density at radius 2 is 0.958 bits per heavy atom. The molecule has 0 spiro atoms. The lowest BCUT2D eigenvalue weighted by Crippen LogP contribution is -2.36. The van der Waals surface area contributed by atoms with Crippen LogP contribution >= 0.6 is 0 Å². The lowest BCUT2D eigenvalue weighted by Gasteiger charge is -2.32. The van der Waals surface area contributed by atoms with Gasteiger partial charge in [0, 0.05) is 46.4 Å². The summed E-state index contributed by atoms with van der Waals surface area (Å²) in [4.78, 5) is 29.2. The first-order valence-electron chi connectivity index (χ1n) is 23.9. The smallest absolute Gasteiger partial charge is 0.222 e. The molecule has 0 aromatic heterocycles. The molecule has 0 saturated carbocycles.